The minimum absolute atomic E-state index is 0.0366. The minimum Gasteiger partial charge on any atom is -0.496 e. The minimum atomic E-state index is -3.34. The second kappa shape index (κ2) is 7.45. The molecule has 0 radical (unpaired) electrons. The second-order valence-electron chi connectivity index (χ2n) is 6.43. The van der Waals surface area contributed by atoms with Crippen LogP contribution in [-0.2, 0) is 9.84 Å². The first-order chi connectivity index (χ1) is 13.9. The molecule has 2 heterocycles. The van der Waals surface area contributed by atoms with Crippen molar-refractivity contribution in [3.63, 3.8) is 0 Å². The maximum Gasteiger partial charge on any atom is 0.255 e. The number of tetrazole rings is 1. The van der Waals surface area contributed by atoms with Crippen LogP contribution in [0.5, 0.6) is 5.75 Å². The van der Waals surface area contributed by atoms with Gasteiger partial charge in [0.15, 0.2) is 9.84 Å². The number of ether oxygens (including phenoxy) is 1. The Morgan fingerprint density at radius 2 is 2.10 bits per heavy atom. The first-order valence-corrected chi connectivity index (χ1v) is 10.7. The van der Waals surface area contributed by atoms with E-state index in [4.69, 9.17) is 16.3 Å². The molecule has 0 saturated heterocycles. The number of fused-ring (bicyclic) bond motifs is 1. The highest BCUT2D eigenvalue weighted by Gasteiger charge is 2.31. The third-order valence-electron chi connectivity index (χ3n) is 4.72. The molecule has 4 rings (SSSR count). The van der Waals surface area contributed by atoms with E-state index in [1.807, 2.05) is 0 Å². The lowest BCUT2D eigenvalue weighted by Gasteiger charge is -2.26. The van der Waals surface area contributed by atoms with E-state index in [9.17, 15) is 13.2 Å². The van der Waals surface area contributed by atoms with Crippen LogP contribution in [0.1, 0.15) is 28.4 Å². The molecule has 29 heavy (non-hydrogen) atoms. The summed E-state index contributed by atoms with van der Waals surface area (Å²) in [5.74, 6) is -0.175. The SMILES string of the molecule is COc1cc(-n2cnnn2)c(Cl)cc1C(=O)NC1CCS(=O)(=O)c2ccccc21. The second-order valence-corrected chi connectivity index (χ2v) is 8.91. The third kappa shape index (κ3) is 3.56. The first kappa shape index (κ1) is 19.3. The lowest BCUT2D eigenvalue weighted by molar-refractivity contribution is 0.0931. The number of nitrogens with one attached hydrogen (secondary N) is 1. The third-order valence-corrected chi connectivity index (χ3v) is 6.84. The number of aromatic nitrogens is 4. The van der Waals surface area contributed by atoms with Gasteiger partial charge in [0, 0.05) is 6.07 Å². The maximum absolute atomic E-state index is 13.0. The maximum atomic E-state index is 13.0. The van der Waals surface area contributed by atoms with Crippen molar-refractivity contribution in [2.75, 3.05) is 12.9 Å². The molecule has 150 valence electrons. The molecular weight excluding hydrogens is 418 g/mol. The van der Waals surface area contributed by atoms with Gasteiger partial charge in [0.2, 0.25) is 0 Å². The number of halogens is 1. The normalized spacial score (nSPS) is 17.4. The number of nitrogens with zero attached hydrogens (tertiary/aromatic N) is 4. The molecule has 1 aliphatic heterocycles. The highest BCUT2D eigenvalue weighted by atomic mass is 35.5. The van der Waals surface area contributed by atoms with E-state index in [1.54, 1.807) is 30.3 Å². The Bertz CT molecular complexity index is 1180. The smallest absolute Gasteiger partial charge is 0.255 e. The van der Waals surface area contributed by atoms with Gasteiger partial charge >= 0.3 is 0 Å². The fraction of sp³-hybridized carbons (Fsp3) is 0.222. The lowest BCUT2D eigenvalue weighted by Crippen LogP contribution is -2.34. The van der Waals surface area contributed by atoms with Crippen LogP contribution in [0.4, 0.5) is 0 Å². The zero-order valence-corrected chi connectivity index (χ0v) is 16.8. The van der Waals surface area contributed by atoms with Crippen molar-refractivity contribution in [2.45, 2.75) is 17.4 Å². The predicted octanol–water partition coefficient (Wildman–Crippen LogP) is 1.97. The van der Waals surface area contributed by atoms with Crippen LogP contribution >= 0.6 is 11.6 Å². The largest absolute Gasteiger partial charge is 0.496 e. The number of hydrogen-bond donors (Lipinski definition) is 1. The van der Waals surface area contributed by atoms with Gasteiger partial charge in [0.1, 0.15) is 12.1 Å². The number of rotatable bonds is 4. The molecule has 3 aromatic rings. The molecule has 0 fully saturated rings. The molecule has 1 atom stereocenters. The van der Waals surface area contributed by atoms with Crippen molar-refractivity contribution in [3.8, 4) is 11.4 Å². The van der Waals surface area contributed by atoms with Crippen molar-refractivity contribution in [2.24, 2.45) is 0 Å². The lowest BCUT2D eigenvalue weighted by atomic mass is 10.0. The molecule has 2 aromatic carbocycles. The standard InChI is InChI=1S/C18H16ClN5O4S/c1-28-16-9-15(24-10-20-22-23-24)13(19)8-12(16)18(25)21-14-6-7-29(26,27)17-5-3-2-4-11(14)17/h2-5,8-10,14H,6-7H2,1H3,(H,21,25). The molecular formula is C18H16ClN5O4S. The van der Waals surface area contributed by atoms with E-state index >= 15 is 0 Å². The summed E-state index contributed by atoms with van der Waals surface area (Å²) in [6, 6.07) is 9.28. The van der Waals surface area contributed by atoms with Crippen LogP contribution in [0.25, 0.3) is 5.69 Å². The van der Waals surface area contributed by atoms with Crippen molar-refractivity contribution in [3.05, 3.63) is 58.9 Å². The number of amides is 1. The van der Waals surface area contributed by atoms with Crippen LogP contribution in [-0.4, -0.2) is 47.4 Å². The zero-order chi connectivity index (χ0) is 20.6. The molecule has 1 amide bonds. The van der Waals surface area contributed by atoms with Gasteiger partial charge in [0.25, 0.3) is 5.91 Å². The topological polar surface area (TPSA) is 116 Å². The summed E-state index contributed by atoms with van der Waals surface area (Å²) in [6.45, 7) is 0. The summed E-state index contributed by atoms with van der Waals surface area (Å²) in [4.78, 5) is 13.2. The molecule has 0 saturated carbocycles. The Hall–Kier alpha value is -2.98. The fourth-order valence-corrected chi connectivity index (χ4v) is 5.18. The van der Waals surface area contributed by atoms with Gasteiger partial charge in [0.05, 0.1) is 40.1 Å². The molecule has 0 spiro atoms. The monoisotopic (exact) mass is 433 g/mol. The molecule has 0 aliphatic carbocycles. The first-order valence-electron chi connectivity index (χ1n) is 8.64. The average molecular weight is 434 g/mol. The fourth-order valence-electron chi connectivity index (χ4n) is 3.31. The van der Waals surface area contributed by atoms with E-state index in [2.05, 4.69) is 20.8 Å². The molecule has 1 aromatic heterocycles. The molecule has 9 nitrogen and oxygen atoms in total. The van der Waals surface area contributed by atoms with Crippen molar-refractivity contribution in [1.82, 2.24) is 25.5 Å². The molecule has 0 bridgehead atoms. The van der Waals surface area contributed by atoms with Crippen LogP contribution in [0.3, 0.4) is 0 Å². The van der Waals surface area contributed by atoms with Gasteiger partial charge in [-0.15, -0.1) is 5.10 Å². The Morgan fingerprint density at radius 1 is 1.31 bits per heavy atom. The van der Waals surface area contributed by atoms with Crippen molar-refractivity contribution >= 4 is 27.3 Å². The highest BCUT2D eigenvalue weighted by Crippen LogP contribution is 2.34. The van der Waals surface area contributed by atoms with Gasteiger partial charge in [-0.05, 0) is 34.5 Å². The predicted molar refractivity (Wildman–Crippen MR) is 104 cm³/mol. The van der Waals surface area contributed by atoms with Crippen LogP contribution in [0.2, 0.25) is 5.02 Å². The van der Waals surface area contributed by atoms with Gasteiger partial charge in [-0.3, -0.25) is 4.79 Å². The number of carbonyl (C=O) groups excluding carboxylic acids is 1. The summed E-state index contributed by atoms with van der Waals surface area (Å²) in [5.41, 5.74) is 1.25. The molecule has 1 N–H and O–H groups in total. The Labute approximate surface area is 171 Å². The van der Waals surface area contributed by atoms with E-state index in [-0.39, 0.29) is 33.4 Å². The molecule has 1 aliphatic rings. The van der Waals surface area contributed by atoms with Crippen molar-refractivity contribution in [1.29, 1.82) is 0 Å². The van der Waals surface area contributed by atoms with E-state index < -0.39 is 21.8 Å². The Morgan fingerprint density at radius 3 is 2.83 bits per heavy atom. The number of benzene rings is 2. The number of methoxy groups -OCH3 is 1. The number of sulfone groups is 1. The zero-order valence-electron chi connectivity index (χ0n) is 15.2. The van der Waals surface area contributed by atoms with Crippen molar-refractivity contribution < 1.29 is 17.9 Å². The summed E-state index contributed by atoms with van der Waals surface area (Å²) in [5, 5.41) is 14.1. The molecule has 11 heteroatoms. The quantitative estimate of drug-likeness (QED) is 0.668. The average Bonchev–Trinajstić information content (AvgIpc) is 3.24. The van der Waals surface area contributed by atoms with E-state index in [1.165, 1.54) is 24.2 Å². The van der Waals surface area contributed by atoms with Gasteiger partial charge in [-0.1, -0.05) is 29.8 Å². The number of hydrogen-bond acceptors (Lipinski definition) is 7. The van der Waals surface area contributed by atoms with E-state index in [0.717, 1.165) is 0 Å². The van der Waals surface area contributed by atoms with Gasteiger partial charge in [-0.2, -0.15) is 4.68 Å². The summed E-state index contributed by atoms with van der Waals surface area (Å²) < 4.78 is 31.3. The van der Waals surface area contributed by atoms with E-state index in [0.29, 0.717) is 11.3 Å². The van der Waals surface area contributed by atoms with Gasteiger partial charge < -0.3 is 10.1 Å². The van der Waals surface area contributed by atoms with Crippen LogP contribution < -0.4 is 10.1 Å². The Kier molecular flexibility index (Phi) is 4.97. The summed E-state index contributed by atoms with van der Waals surface area (Å²) in [7, 11) is -1.91. The summed E-state index contributed by atoms with van der Waals surface area (Å²) >= 11 is 6.32. The summed E-state index contributed by atoms with van der Waals surface area (Å²) in [6.07, 6.45) is 1.66. The molecule has 1 unspecified atom stereocenters. The van der Waals surface area contributed by atoms with Crippen LogP contribution in [0.15, 0.2) is 47.6 Å². The Balaban J connectivity index is 1.67. The highest BCUT2D eigenvalue weighted by molar-refractivity contribution is 7.91. The van der Waals surface area contributed by atoms with Gasteiger partial charge in [-0.25, -0.2) is 8.42 Å². The number of carbonyl (C=O) groups is 1. The van der Waals surface area contributed by atoms with Crippen LogP contribution in [0, 0.1) is 0 Å².